The average molecular weight is 282 g/mol. The van der Waals surface area contributed by atoms with Gasteiger partial charge in [-0.25, -0.2) is 0 Å². The first-order valence-electron chi connectivity index (χ1n) is 5.91. The van der Waals surface area contributed by atoms with E-state index in [1.54, 1.807) is 24.3 Å². The van der Waals surface area contributed by atoms with Gasteiger partial charge in [-0.2, -0.15) is 13.2 Å². The molecular weight excluding hydrogens is 269 g/mol. The summed E-state index contributed by atoms with van der Waals surface area (Å²) < 4.78 is 43.2. The van der Waals surface area contributed by atoms with Crippen molar-refractivity contribution in [2.24, 2.45) is 0 Å². The number of hydrogen-bond donors (Lipinski definition) is 1. The Bertz CT molecular complexity index is 606. The monoisotopic (exact) mass is 282 g/mol. The molecule has 106 valence electrons. The first-order valence-corrected chi connectivity index (χ1v) is 5.91. The van der Waals surface area contributed by atoms with Gasteiger partial charge < -0.3 is 9.84 Å². The molecule has 0 bridgehead atoms. The molecule has 0 saturated carbocycles. The largest absolute Gasteiger partial charge is 0.496 e. The molecule has 0 fully saturated rings. The number of methoxy groups -OCH3 is 1. The molecule has 0 aliphatic heterocycles. The number of aliphatic hydroxyl groups excluding tert-OH is 1. The van der Waals surface area contributed by atoms with E-state index in [9.17, 15) is 18.3 Å². The minimum absolute atomic E-state index is 0.212. The van der Waals surface area contributed by atoms with E-state index in [-0.39, 0.29) is 5.56 Å². The molecule has 0 atom stereocenters. The maximum Gasteiger partial charge on any atom is 0.416 e. The van der Waals surface area contributed by atoms with E-state index in [4.69, 9.17) is 4.74 Å². The lowest BCUT2D eigenvalue weighted by Gasteiger charge is -2.14. The molecule has 0 unspecified atom stereocenters. The lowest BCUT2D eigenvalue weighted by Crippen LogP contribution is -2.06. The number of halogens is 3. The van der Waals surface area contributed by atoms with Crippen LogP contribution in [0.3, 0.4) is 0 Å². The molecule has 0 aromatic heterocycles. The SMILES string of the molecule is COc1ccccc1-c1ccc(C(F)(F)F)cc1CO. The van der Waals surface area contributed by atoms with Gasteiger partial charge >= 0.3 is 6.18 Å². The van der Waals surface area contributed by atoms with Crippen LogP contribution in [-0.4, -0.2) is 12.2 Å². The van der Waals surface area contributed by atoms with Crippen LogP contribution in [0, 0.1) is 0 Å². The van der Waals surface area contributed by atoms with Gasteiger partial charge in [-0.05, 0) is 29.3 Å². The lowest BCUT2D eigenvalue weighted by molar-refractivity contribution is -0.137. The van der Waals surface area contributed by atoms with Crippen LogP contribution in [0.1, 0.15) is 11.1 Å². The van der Waals surface area contributed by atoms with Crippen LogP contribution in [0.4, 0.5) is 13.2 Å². The van der Waals surface area contributed by atoms with Crippen LogP contribution in [0.25, 0.3) is 11.1 Å². The van der Waals surface area contributed by atoms with Crippen LogP contribution in [0.15, 0.2) is 42.5 Å². The van der Waals surface area contributed by atoms with E-state index >= 15 is 0 Å². The fraction of sp³-hybridized carbons (Fsp3) is 0.200. The highest BCUT2D eigenvalue weighted by molar-refractivity contribution is 5.73. The van der Waals surface area contributed by atoms with Gasteiger partial charge in [0.2, 0.25) is 0 Å². The second-order valence-electron chi connectivity index (χ2n) is 4.23. The third-order valence-corrected chi connectivity index (χ3v) is 3.00. The Kier molecular flexibility index (Phi) is 3.99. The maximum atomic E-state index is 12.7. The van der Waals surface area contributed by atoms with Gasteiger partial charge in [0.25, 0.3) is 0 Å². The molecule has 0 aliphatic carbocycles. The molecule has 0 saturated heterocycles. The van der Waals surface area contributed by atoms with Crippen LogP contribution in [-0.2, 0) is 12.8 Å². The van der Waals surface area contributed by atoms with Crippen molar-refractivity contribution in [1.29, 1.82) is 0 Å². The van der Waals surface area contributed by atoms with Crippen molar-refractivity contribution in [3.05, 3.63) is 53.6 Å². The second kappa shape index (κ2) is 5.54. The van der Waals surface area contributed by atoms with Crippen molar-refractivity contribution in [2.45, 2.75) is 12.8 Å². The Hall–Kier alpha value is -2.01. The minimum atomic E-state index is -4.43. The zero-order chi connectivity index (χ0) is 14.8. The van der Waals surface area contributed by atoms with Crippen molar-refractivity contribution < 1.29 is 23.0 Å². The van der Waals surface area contributed by atoms with Gasteiger partial charge in [-0.3, -0.25) is 0 Å². The third-order valence-electron chi connectivity index (χ3n) is 3.00. The Morgan fingerprint density at radius 2 is 1.75 bits per heavy atom. The minimum Gasteiger partial charge on any atom is -0.496 e. The summed E-state index contributed by atoms with van der Waals surface area (Å²) in [6.07, 6.45) is -4.43. The molecule has 2 aromatic carbocycles. The van der Waals surface area contributed by atoms with Gasteiger partial charge in [-0.1, -0.05) is 24.3 Å². The Labute approximate surface area is 114 Å². The van der Waals surface area contributed by atoms with E-state index in [1.807, 2.05) is 0 Å². The molecule has 0 aliphatic rings. The number of hydrogen-bond acceptors (Lipinski definition) is 2. The number of alkyl halides is 3. The lowest BCUT2D eigenvalue weighted by atomic mass is 9.97. The molecule has 0 heterocycles. The molecule has 2 aromatic rings. The summed E-state index contributed by atoms with van der Waals surface area (Å²) in [5, 5.41) is 9.33. The summed E-state index contributed by atoms with van der Waals surface area (Å²) in [5.41, 5.74) is 0.607. The number of para-hydroxylation sites is 1. The van der Waals surface area contributed by atoms with Crippen LogP contribution >= 0.6 is 0 Å². The predicted molar refractivity (Wildman–Crippen MR) is 69.4 cm³/mol. The summed E-state index contributed by atoms with van der Waals surface area (Å²) in [6.45, 7) is -0.475. The molecule has 0 spiro atoms. The van der Waals surface area contributed by atoms with Gasteiger partial charge in [0.05, 0.1) is 19.3 Å². The predicted octanol–water partition coefficient (Wildman–Crippen LogP) is 3.87. The number of rotatable bonds is 3. The van der Waals surface area contributed by atoms with E-state index in [2.05, 4.69) is 0 Å². The summed E-state index contributed by atoms with van der Waals surface area (Å²) in [5.74, 6) is 0.543. The first-order chi connectivity index (χ1) is 9.47. The third kappa shape index (κ3) is 2.77. The van der Waals surface area contributed by atoms with Crippen molar-refractivity contribution in [2.75, 3.05) is 7.11 Å². The molecule has 1 N–H and O–H groups in total. The summed E-state index contributed by atoms with van der Waals surface area (Å²) in [6, 6.07) is 10.3. The highest BCUT2D eigenvalue weighted by Crippen LogP contribution is 2.36. The Morgan fingerprint density at radius 3 is 2.35 bits per heavy atom. The number of aliphatic hydroxyl groups is 1. The quantitative estimate of drug-likeness (QED) is 0.926. The normalized spacial score (nSPS) is 11.4. The standard InChI is InChI=1S/C15H13F3O2/c1-20-14-5-3-2-4-13(14)12-7-6-11(15(16,17)18)8-10(12)9-19/h2-8,19H,9H2,1H3. The summed E-state index contributed by atoms with van der Waals surface area (Å²) >= 11 is 0. The molecule has 2 rings (SSSR count). The molecule has 20 heavy (non-hydrogen) atoms. The zero-order valence-corrected chi connectivity index (χ0v) is 10.7. The highest BCUT2D eigenvalue weighted by Gasteiger charge is 2.31. The van der Waals surface area contributed by atoms with Crippen molar-refractivity contribution in [3.63, 3.8) is 0 Å². The summed E-state index contributed by atoms with van der Waals surface area (Å²) in [7, 11) is 1.49. The van der Waals surface area contributed by atoms with E-state index in [0.29, 0.717) is 16.9 Å². The zero-order valence-electron chi connectivity index (χ0n) is 10.7. The molecule has 0 radical (unpaired) electrons. The van der Waals surface area contributed by atoms with Crippen molar-refractivity contribution in [1.82, 2.24) is 0 Å². The fourth-order valence-corrected chi connectivity index (χ4v) is 2.03. The average Bonchev–Trinajstić information content (AvgIpc) is 2.45. The highest BCUT2D eigenvalue weighted by atomic mass is 19.4. The van der Waals surface area contributed by atoms with Gasteiger partial charge in [-0.15, -0.1) is 0 Å². The van der Waals surface area contributed by atoms with Crippen LogP contribution < -0.4 is 4.74 Å². The Balaban J connectivity index is 2.58. The maximum absolute atomic E-state index is 12.7. The van der Waals surface area contributed by atoms with E-state index in [1.165, 1.54) is 13.2 Å². The van der Waals surface area contributed by atoms with E-state index in [0.717, 1.165) is 12.1 Å². The van der Waals surface area contributed by atoms with Crippen LogP contribution in [0.2, 0.25) is 0 Å². The molecular formula is C15H13F3O2. The first kappa shape index (κ1) is 14.4. The second-order valence-corrected chi connectivity index (χ2v) is 4.23. The molecule has 2 nitrogen and oxygen atoms in total. The fourth-order valence-electron chi connectivity index (χ4n) is 2.03. The number of ether oxygens (including phenoxy) is 1. The van der Waals surface area contributed by atoms with Crippen molar-refractivity contribution >= 4 is 0 Å². The van der Waals surface area contributed by atoms with Crippen molar-refractivity contribution in [3.8, 4) is 16.9 Å². The smallest absolute Gasteiger partial charge is 0.416 e. The molecule has 5 heteroatoms. The van der Waals surface area contributed by atoms with E-state index < -0.39 is 18.3 Å². The number of benzene rings is 2. The molecule has 0 amide bonds. The topological polar surface area (TPSA) is 29.5 Å². The van der Waals surface area contributed by atoms with Gasteiger partial charge in [0.15, 0.2) is 0 Å². The Morgan fingerprint density at radius 1 is 1.05 bits per heavy atom. The van der Waals surface area contributed by atoms with Crippen LogP contribution in [0.5, 0.6) is 5.75 Å². The van der Waals surface area contributed by atoms with Gasteiger partial charge in [0.1, 0.15) is 5.75 Å². The summed E-state index contributed by atoms with van der Waals surface area (Å²) in [4.78, 5) is 0. The van der Waals surface area contributed by atoms with Gasteiger partial charge in [0, 0.05) is 5.56 Å².